The minimum Gasteiger partial charge on any atom is -0.497 e. The van der Waals surface area contributed by atoms with E-state index in [0.29, 0.717) is 31.1 Å². The summed E-state index contributed by atoms with van der Waals surface area (Å²) in [6, 6.07) is 16.2. The van der Waals surface area contributed by atoms with E-state index in [9.17, 15) is 19.5 Å². The van der Waals surface area contributed by atoms with Crippen LogP contribution < -0.4 is 9.64 Å². The fraction of sp³-hybridized carbons (Fsp3) is 0.367. The molecule has 1 spiro atoms. The van der Waals surface area contributed by atoms with Crippen molar-refractivity contribution in [2.24, 2.45) is 11.8 Å². The third-order valence-electron chi connectivity index (χ3n) is 8.18. The molecule has 0 saturated carbocycles. The maximum atomic E-state index is 14.3. The zero-order valence-electron chi connectivity index (χ0n) is 21.7. The number of hydrogen-bond donors (Lipinski definition) is 1. The first kappa shape index (κ1) is 25.7. The number of carbonyl (C=O) groups excluding carboxylic acids is 3. The number of carbonyl (C=O) groups is 3. The number of amides is 3. The number of ether oxygens (including phenoxy) is 1. The van der Waals surface area contributed by atoms with Crippen molar-refractivity contribution in [3.05, 3.63) is 84.5 Å². The van der Waals surface area contributed by atoms with Gasteiger partial charge in [-0.3, -0.25) is 14.4 Å². The molecule has 0 aliphatic carbocycles. The molecule has 2 fully saturated rings. The average Bonchev–Trinajstić information content (AvgIpc) is 3.26. The van der Waals surface area contributed by atoms with E-state index < -0.39 is 22.6 Å². The number of aliphatic hydroxyl groups excluding tert-OH is 1. The number of rotatable bonds is 6. The van der Waals surface area contributed by atoms with Gasteiger partial charge in [-0.15, -0.1) is 11.8 Å². The van der Waals surface area contributed by atoms with Crippen LogP contribution >= 0.6 is 11.8 Å². The molecule has 0 bridgehead atoms. The van der Waals surface area contributed by atoms with Gasteiger partial charge in [0.25, 0.3) is 5.91 Å². The number of β-amino-alcohol motifs (C(OH)–C–C–N with tert-alkyl or cyclic N) is 1. The standard InChI is InChI=1S/C30H31N3O5S/c1-38-22-12-10-21(11-13-22)32-16-6-14-30-25(28(36)33(17-18-34)26(30)29(32)37)24-23(39-30)9-5-15-31(27(24)35)19-20-7-3-2-4-8-20/h2-14,23-26,34H,15-19H2,1H3/t23-,24+,25+,26?,30+/m1/s1. The van der Waals surface area contributed by atoms with Crippen LogP contribution in [0.3, 0.4) is 0 Å². The van der Waals surface area contributed by atoms with Crippen molar-refractivity contribution in [3.63, 3.8) is 0 Å². The van der Waals surface area contributed by atoms with Crippen LogP contribution in [0.5, 0.6) is 5.75 Å². The zero-order chi connectivity index (χ0) is 27.1. The van der Waals surface area contributed by atoms with Crippen molar-refractivity contribution in [1.82, 2.24) is 9.80 Å². The molecule has 2 saturated heterocycles. The maximum absolute atomic E-state index is 14.3. The molecule has 202 valence electrons. The van der Waals surface area contributed by atoms with Crippen LogP contribution in [-0.2, 0) is 20.9 Å². The van der Waals surface area contributed by atoms with Gasteiger partial charge in [0.1, 0.15) is 11.8 Å². The second kappa shape index (κ2) is 10.2. The molecule has 39 heavy (non-hydrogen) atoms. The van der Waals surface area contributed by atoms with Gasteiger partial charge in [0.15, 0.2) is 0 Å². The number of benzene rings is 2. The number of likely N-dealkylation sites (tertiary alicyclic amines) is 1. The molecule has 4 aliphatic heterocycles. The Morgan fingerprint density at radius 3 is 2.46 bits per heavy atom. The zero-order valence-corrected chi connectivity index (χ0v) is 22.5. The lowest BCUT2D eigenvalue weighted by Gasteiger charge is -2.35. The highest BCUT2D eigenvalue weighted by Crippen LogP contribution is 2.61. The molecule has 2 aromatic rings. The third-order valence-corrected chi connectivity index (χ3v) is 9.93. The number of fused-ring (bicyclic) bond motifs is 2. The van der Waals surface area contributed by atoms with Gasteiger partial charge in [0, 0.05) is 37.1 Å². The highest BCUT2D eigenvalue weighted by Gasteiger charge is 2.71. The molecule has 9 heteroatoms. The normalized spacial score (nSPS) is 29.7. The van der Waals surface area contributed by atoms with Gasteiger partial charge in [-0.1, -0.05) is 54.6 Å². The van der Waals surface area contributed by atoms with E-state index in [2.05, 4.69) is 0 Å². The molecule has 1 unspecified atom stereocenters. The van der Waals surface area contributed by atoms with Crippen LogP contribution in [0, 0.1) is 11.8 Å². The Balaban J connectivity index is 1.38. The van der Waals surface area contributed by atoms with Crippen molar-refractivity contribution in [2.75, 3.05) is 38.3 Å². The fourth-order valence-corrected chi connectivity index (χ4v) is 8.48. The van der Waals surface area contributed by atoms with E-state index in [1.54, 1.807) is 40.8 Å². The van der Waals surface area contributed by atoms with Gasteiger partial charge in [0.05, 0.1) is 30.3 Å². The first-order valence-corrected chi connectivity index (χ1v) is 14.1. The first-order chi connectivity index (χ1) is 19.0. The second-order valence-electron chi connectivity index (χ2n) is 10.3. The summed E-state index contributed by atoms with van der Waals surface area (Å²) >= 11 is 1.54. The topological polar surface area (TPSA) is 90.4 Å². The Morgan fingerprint density at radius 2 is 1.74 bits per heavy atom. The fourth-order valence-electron chi connectivity index (χ4n) is 6.48. The van der Waals surface area contributed by atoms with E-state index in [1.807, 2.05) is 66.8 Å². The lowest BCUT2D eigenvalue weighted by molar-refractivity contribution is -0.143. The lowest BCUT2D eigenvalue weighted by Crippen LogP contribution is -2.53. The van der Waals surface area contributed by atoms with Crippen LogP contribution in [-0.4, -0.2) is 82.0 Å². The SMILES string of the molecule is COc1ccc(N2CC=C[C@]34S[C@@H]5C=CCN(Cc6ccccc6)C(=O)[C@@H]5[C@H]3C(=O)N(CCO)C4C2=O)cc1. The van der Waals surface area contributed by atoms with Crippen molar-refractivity contribution < 1.29 is 24.2 Å². The summed E-state index contributed by atoms with van der Waals surface area (Å²) in [5.74, 6) is -1.14. The molecule has 4 aliphatic rings. The molecule has 2 aromatic carbocycles. The molecule has 5 atom stereocenters. The molecular weight excluding hydrogens is 514 g/mol. The summed E-state index contributed by atoms with van der Waals surface area (Å²) in [6.45, 7) is 1.04. The molecule has 1 N–H and O–H groups in total. The lowest BCUT2D eigenvalue weighted by atomic mass is 9.78. The molecule has 6 rings (SSSR count). The Kier molecular flexibility index (Phi) is 6.72. The summed E-state index contributed by atoms with van der Waals surface area (Å²) in [4.78, 5) is 47.4. The smallest absolute Gasteiger partial charge is 0.251 e. The van der Waals surface area contributed by atoms with Gasteiger partial charge in [0.2, 0.25) is 11.8 Å². The average molecular weight is 546 g/mol. The minimum atomic E-state index is -0.907. The predicted molar refractivity (Wildman–Crippen MR) is 149 cm³/mol. The van der Waals surface area contributed by atoms with E-state index in [4.69, 9.17) is 4.74 Å². The summed E-state index contributed by atoms with van der Waals surface area (Å²) in [5.41, 5.74) is 1.72. The van der Waals surface area contributed by atoms with Crippen molar-refractivity contribution >= 4 is 35.2 Å². The first-order valence-electron chi connectivity index (χ1n) is 13.2. The van der Waals surface area contributed by atoms with Crippen molar-refractivity contribution in [1.29, 1.82) is 0 Å². The van der Waals surface area contributed by atoms with E-state index in [-0.39, 0.29) is 36.1 Å². The van der Waals surface area contributed by atoms with Gasteiger partial charge in [-0.25, -0.2) is 0 Å². The van der Waals surface area contributed by atoms with Crippen molar-refractivity contribution in [2.45, 2.75) is 22.6 Å². The minimum absolute atomic E-state index is 0.0352. The van der Waals surface area contributed by atoms with Crippen molar-refractivity contribution in [3.8, 4) is 5.75 Å². The van der Waals surface area contributed by atoms with E-state index in [0.717, 1.165) is 5.56 Å². The molecule has 8 nitrogen and oxygen atoms in total. The van der Waals surface area contributed by atoms with Crippen LogP contribution in [0.1, 0.15) is 5.56 Å². The monoisotopic (exact) mass is 545 g/mol. The summed E-state index contributed by atoms with van der Waals surface area (Å²) < 4.78 is 4.37. The van der Waals surface area contributed by atoms with Gasteiger partial charge >= 0.3 is 0 Å². The van der Waals surface area contributed by atoms with Gasteiger partial charge in [-0.05, 0) is 29.8 Å². The third kappa shape index (κ3) is 4.15. The molecule has 0 radical (unpaired) electrons. The summed E-state index contributed by atoms with van der Waals surface area (Å²) in [5, 5.41) is 9.66. The summed E-state index contributed by atoms with van der Waals surface area (Å²) in [7, 11) is 1.59. The molecule has 4 heterocycles. The van der Waals surface area contributed by atoms with E-state index in [1.165, 1.54) is 4.90 Å². The number of methoxy groups -OCH3 is 1. The Morgan fingerprint density at radius 1 is 0.974 bits per heavy atom. The van der Waals surface area contributed by atoms with Crippen LogP contribution in [0.15, 0.2) is 78.9 Å². The van der Waals surface area contributed by atoms with Gasteiger partial charge in [-0.2, -0.15) is 0 Å². The quantitative estimate of drug-likeness (QED) is 0.561. The van der Waals surface area contributed by atoms with Crippen LogP contribution in [0.2, 0.25) is 0 Å². The highest BCUT2D eigenvalue weighted by molar-refractivity contribution is 8.02. The number of thioether (sulfide) groups is 1. The summed E-state index contributed by atoms with van der Waals surface area (Å²) in [6.07, 6.45) is 7.98. The second-order valence-corrected chi connectivity index (χ2v) is 11.8. The predicted octanol–water partition coefficient (Wildman–Crippen LogP) is 2.49. The van der Waals surface area contributed by atoms with Crippen LogP contribution in [0.4, 0.5) is 5.69 Å². The number of anilines is 1. The highest BCUT2D eigenvalue weighted by atomic mass is 32.2. The number of nitrogens with zero attached hydrogens (tertiary/aromatic N) is 3. The number of aliphatic hydroxyl groups is 1. The Labute approximate surface area is 231 Å². The number of hydrogen-bond acceptors (Lipinski definition) is 6. The largest absolute Gasteiger partial charge is 0.497 e. The molecular formula is C30H31N3O5S. The van der Waals surface area contributed by atoms with Gasteiger partial charge < -0.3 is 24.5 Å². The van der Waals surface area contributed by atoms with E-state index >= 15 is 0 Å². The Hall–Kier alpha value is -3.56. The van der Waals surface area contributed by atoms with Crippen LogP contribution in [0.25, 0.3) is 0 Å². The Bertz CT molecular complexity index is 1330. The molecule has 3 amide bonds. The maximum Gasteiger partial charge on any atom is 0.251 e. The molecule has 0 aromatic heterocycles.